The molecule has 3 rings (SSSR count). The maximum Gasteiger partial charge on any atom is 0.204 e. The van der Waals surface area contributed by atoms with E-state index in [2.05, 4.69) is 20.4 Å². The van der Waals surface area contributed by atoms with Gasteiger partial charge in [-0.25, -0.2) is 4.98 Å². The van der Waals surface area contributed by atoms with Crippen LogP contribution in [0.25, 0.3) is 11.4 Å². The molecule has 0 fully saturated rings. The van der Waals surface area contributed by atoms with E-state index >= 15 is 0 Å². The van der Waals surface area contributed by atoms with Gasteiger partial charge >= 0.3 is 0 Å². The van der Waals surface area contributed by atoms with Crippen LogP contribution in [0.1, 0.15) is 5.56 Å². The standard InChI is InChI=1S/C13H9Cl2N5/c14-11-6-12(15)16-7-10(11)8-20-18-13(17-19-20)9-4-2-1-3-5-9/h1-7H,8H2. The first-order valence-corrected chi connectivity index (χ1v) is 6.61. The van der Waals surface area contributed by atoms with E-state index < -0.39 is 0 Å². The zero-order valence-electron chi connectivity index (χ0n) is 10.2. The minimum Gasteiger partial charge on any atom is -0.244 e. The number of pyridine rings is 1. The van der Waals surface area contributed by atoms with Gasteiger partial charge in [0.2, 0.25) is 5.82 Å². The normalized spacial score (nSPS) is 10.7. The van der Waals surface area contributed by atoms with Crippen molar-refractivity contribution < 1.29 is 0 Å². The summed E-state index contributed by atoms with van der Waals surface area (Å²) in [5, 5.41) is 13.2. The molecule has 100 valence electrons. The van der Waals surface area contributed by atoms with E-state index in [1.54, 1.807) is 12.3 Å². The molecule has 0 unspecified atom stereocenters. The molecule has 0 bridgehead atoms. The van der Waals surface area contributed by atoms with Crippen LogP contribution in [0.3, 0.4) is 0 Å². The number of tetrazole rings is 1. The molecule has 1 aromatic carbocycles. The molecule has 0 N–H and O–H groups in total. The molecule has 0 aliphatic heterocycles. The molecule has 7 heteroatoms. The fraction of sp³-hybridized carbons (Fsp3) is 0.0769. The van der Waals surface area contributed by atoms with E-state index in [0.29, 0.717) is 22.5 Å². The van der Waals surface area contributed by atoms with Gasteiger partial charge in [-0.05, 0) is 11.3 Å². The minimum atomic E-state index is 0.357. The van der Waals surface area contributed by atoms with E-state index in [0.717, 1.165) is 11.1 Å². The first kappa shape index (κ1) is 13.0. The lowest BCUT2D eigenvalue weighted by Crippen LogP contribution is -2.05. The Morgan fingerprint density at radius 1 is 1.10 bits per heavy atom. The van der Waals surface area contributed by atoms with Gasteiger partial charge in [-0.2, -0.15) is 4.80 Å². The zero-order valence-corrected chi connectivity index (χ0v) is 11.8. The Bertz CT molecular complexity index is 727. The van der Waals surface area contributed by atoms with Crippen LogP contribution < -0.4 is 0 Å². The quantitative estimate of drug-likeness (QED) is 0.698. The van der Waals surface area contributed by atoms with Gasteiger partial charge in [-0.15, -0.1) is 10.2 Å². The van der Waals surface area contributed by atoms with Gasteiger partial charge in [0.25, 0.3) is 0 Å². The van der Waals surface area contributed by atoms with Crippen LogP contribution in [0, 0.1) is 0 Å². The van der Waals surface area contributed by atoms with E-state index in [1.165, 1.54) is 4.80 Å². The Hall–Kier alpha value is -1.98. The third-order valence-electron chi connectivity index (χ3n) is 2.69. The average Bonchev–Trinajstić information content (AvgIpc) is 2.92. The Morgan fingerprint density at radius 2 is 1.90 bits per heavy atom. The molecular formula is C13H9Cl2N5. The molecule has 5 nitrogen and oxygen atoms in total. The van der Waals surface area contributed by atoms with Crippen molar-refractivity contribution in [2.75, 3.05) is 0 Å². The topological polar surface area (TPSA) is 56.5 Å². The maximum absolute atomic E-state index is 6.09. The van der Waals surface area contributed by atoms with E-state index in [9.17, 15) is 0 Å². The van der Waals surface area contributed by atoms with Crippen molar-refractivity contribution in [1.29, 1.82) is 0 Å². The molecular weight excluding hydrogens is 297 g/mol. The summed E-state index contributed by atoms with van der Waals surface area (Å²) in [7, 11) is 0. The lowest BCUT2D eigenvalue weighted by Gasteiger charge is -2.02. The van der Waals surface area contributed by atoms with Crippen molar-refractivity contribution in [1.82, 2.24) is 25.2 Å². The van der Waals surface area contributed by atoms with Crippen molar-refractivity contribution in [2.24, 2.45) is 0 Å². The van der Waals surface area contributed by atoms with Crippen molar-refractivity contribution in [3.05, 3.63) is 58.3 Å². The van der Waals surface area contributed by atoms with Crippen molar-refractivity contribution in [2.45, 2.75) is 6.54 Å². The maximum atomic E-state index is 6.09. The largest absolute Gasteiger partial charge is 0.244 e. The van der Waals surface area contributed by atoms with Crippen LogP contribution in [-0.4, -0.2) is 25.2 Å². The molecule has 0 radical (unpaired) electrons. The summed E-state index contributed by atoms with van der Waals surface area (Å²) in [6.45, 7) is 0.392. The van der Waals surface area contributed by atoms with Crippen LogP contribution in [0.15, 0.2) is 42.6 Å². The molecule has 2 aromatic heterocycles. The lowest BCUT2D eigenvalue weighted by molar-refractivity contribution is 0.572. The molecule has 3 aromatic rings. The van der Waals surface area contributed by atoms with Gasteiger partial charge < -0.3 is 0 Å². The highest BCUT2D eigenvalue weighted by Crippen LogP contribution is 2.19. The summed E-state index contributed by atoms with van der Waals surface area (Å²) in [5.74, 6) is 0.573. The summed E-state index contributed by atoms with van der Waals surface area (Å²) in [4.78, 5) is 5.46. The summed E-state index contributed by atoms with van der Waals surface area (Å²) >= 11 is 11.8. The second kappa shape index (κ2) is 5.56. The molecule has 0 saturated heterocycles. The van der Waals surface area contributed by atoms with Crippen LogP contribution in [-0.2, 0) is 6.54 Å². The number of rotatable bonds is 3. The first-order chi connectivity index (χ1) is 9.72. The van der Waals surface area contributed by atoms with Crippen LogP contribution in [0.5, 0.6) is 0 Å². The van der Waals surface area contributed by atoms with Gasteiger partial charge in [0.05, 0.1) is 11.6 Å². The molecule has 2 heterocycles. The highest BCUT2D eigenvalue weighted by atomic mass is 35.5. The second-order valence-electron chi connectivity index (χ2n) is 4.11. The Balaban J connectivity index is 1.84. The van der Waals surface area contributed by atoms with Gasteiger partial charge in [-0.1, -0.05) is 53.5 Å². The number of benzene rings is 1. The van der Waals surface area contributed by atoms with Gasteiger partial charge in [0.15, 0.2) is 0 Å². The summed E-state index contributed by atoms with van der Waals surface area (Å²) in [5.41, 5.74) is 1.70. The molecule has 0 aliphatic rings. The monoisotopic (exact) mass is 305 g/mol. The van der Waals surface area contributed by atoms with E-state index in [4.69, 9.17) is 23.2 Å². The van der Waals surface area contributed by atoms with Crippen molar-refractivity contribution in [3.8, 4) is 11.4 Å². The highest BCUT2D eigenvalue weighted by Gasteiger charge is 2.08. The predicted molar refractivity (Wildman–Crippen MR) is 76.6 cm³/mol. The smallest absolute Gasteiger partial charge is 0.204 e. The van der Waals surface area contributed by atoms with Gasteiger partial charge in [0, 0.05) is 17.3 Å². The highest BCUT2D eigenvalue weighted by molar-refractivity contribution is 6.34. The molecule has 0 atom stereocenters. The Kier molecular flexibility index (Phi) is 3.62. The first-order valence-electron chi connectivity index (χ1n) is 5.85. The second-order valence-corrected chi connectivity index (χ2v) is 4.90. The number of aromatic nitrogens is 5. The van der Waals surface area contributed by atoms with Crippen molar-refractivity contribution in [3.63, 3.8) is 0 Å². The van der Waals surface area contributed by atoms with Crippen molar-refractivity contribution >= 4 is 23.2 Å². The SMILES string of the molecule is Clc1cc(Cl)c(Cn2nnc(-c3ccccc3)n2)cn1. The third kappa shape index (κ3) is 2.79. The zero-order chi connectivity index (χ0) is 13.9. The number of nitrogens with zero attached hydrogens (tertiary/aromatic N) is 5. The molecule has 20 heavy (non-hydrogen) atoms. The number of hydrogen-bond acceptors (Lipinski definition) is 4. The summed E-state index contributed by atoms with van der Waals surface area (Å²) in [6, 6.07) is 11.2. The average molecular weight is 306 g/mol. The molecule has 0 spiro atoms. The number of hydrogen-bond donors (Lipinski definition) is 0. The van der Waals surface area contributed by atoms with Crippen LogP contribution in [0.4, 0.5) is 0 Å². The fourth-order valence-corrected chi connectivity index (χ4v) is 2.14. The minimum absolute atomic E-state index is 0.357. The van der Waals surface area contributed by atoms with E-state index in [-0.39, 0.29) is 0 Å². The summed E-state index contributed by atoms with van der Waals surface area (Å²) in [6.07, 6.45) is 1.61. The predicted octanol–water partition coefficient (Wildman–Crippen LogP) is 3.09. The molecule has 0 saturated carbocycles. The van der Waals surface area contributed by atoms with Crippen LogP contribution in [0.2, 0.25) is 10.2 Å². The number of halogens is 2. The molecule has 0 amide bonds. The lowest BCUT2D eigenvalue weighted by atomic mass is 10.2. The third-order valence-corrected chi connectivity index (χ3v) is 3.25. The van der Waals surface area contributed by atoms with E-state index in [1.807, 2.05) is 30.3 Å². The van der Waals surface area contributed by atoms with Crippen LogP contribution >= 0.6 is 23.2 Å². The molecule has 0 aliphatic carbocycles. The fourth-order valence-electron chi connectivity index (χ4n) is 1.72. The summed E-state index contributed by atoms with van der Waals surface area (Å²) < 4.78 is 0. The van der Waals surface area contributed by atoms with Gasteiger partial charge in [-0.3, -0.25) is 0 Å². The van der Waals surface area contributed by atoms with Gasteiger partial charge in [0.1, 0.15) is 5.15 Å². The Morgan fingerprint density at radius 3 is 2.65 bits per heavy atom. The Labute approximate surface area is 125 Å².